The SMILES string of the molecule is c1ccc(CCCOc2ccc(Cc3ncccn3)cc2)cc1. The Morgan fingerprint density at radius 3 is 2.22 bits per heavy atom. The minimum Gasteiger partial charge on any atom is -0.494 e. The van der Waals surface area contributed by atoms with E-state index in [0.717, 1.165) is 37.4 Å². The maximum atomic E-state index is 5.80. The van der Waals surface area contributed by atoms with Crippen LogP contribution in [-0.4, -0.2) is 16.6 Å². The molecule has 0 bridgehead atoms. The highest BCUT2D eigenvalue weighted by molar-refractivity contribution is 5.28. The van der Waals surface area contributed by atoms with E-state index in [2.05, 4.69) is 46.4 Å². The van der Waals surface area contributed by atoms with Gasteiger partial charge in [-0.2, -0.15) is 0 Å². The minimum atomic E-state index is 0.732. The van der Waals surface area contributed by atoms with Gasteiger partial charge in [-0.1, -0.05) is 42.5 Å². The fourth-order valence-corrected chi connectivity index (χ4v) is 2.42. The van der Waals surface area contributed by atoms with Gasteiger partial charge >= 0.3 is 0 Å². The summed E-state index contributed by atoms with van der Waals surface area (Å²) in [5.41, 5.74) is 2.54. The number of benzene rings is 2. The lowest BCUT2D eigenvalue weighted by Gasteiger charge is -2.07. The van der Waals surface area contributed by atoms with Gasteiger partial charge in [0.25, 0.3) is 0 Å². The Labute approximate surface area is 137 Å². The first kappa shape index (κ1) is 15.2. The molecule has 1 heterocycles. The third kappa shape index (κ3) is 4.92. The van der Waals surface area contributed by atoms with Crippen molar-refractivity contribution in [2.24, 2.45) is 0 Å². The fraction of sp³-hybridized carbons (Fsp3) is 0.200. The first-order valence-electron chi connectivity index (χ1n) is 7.92. The lowest BCUT2D eigenvalue weighted by atomic mass is 10.1. The monoisotopic (exact) mass is 304 g/mol. The lowest BCUT2D eigenvalue weighted by Crippen LogP contribution is -2.00. The van der Waals surface area contributed by atoms with Crippen molar-refractivity contribution in [2.75, 3.05) is 6.61 Å². The first-order valence-corrected chi connectivity index (χ1v) is 7.92. The van der Waals surface area contributed by atoms with Crippen LogP contribution in [-0.2, 0) is 12.8 Å². The normalized spacial score (nSPS) is 10.4. The Hall–Kier alpha value is -2.68. The van der Waals surface area contributed by atoms with E-state index >= 15 is 0 Å². The summed E-state index contributed by atoms with van der Waals surface area (Å²) in [5, 5.41) is 0. The topological polar surface area (TPSA) is 35.0 Å². The molecule has 0 aliphatic rings. The molecule has 3 rings (SSSR count). The fourth-order valence-electron chi connectivity index (χ4n) is 2.42. The third-order valence-electron chi connectivity index (χ3n) is 3.63. The van der Waals surface area contributed by atoms with Crippen molar-refractivity contribution in [3.05, 3.63) is 90.0 Å². The summed E-state index contributed by atoms with van der Waals surface area (Å²) in [6.07, 6.45) is 6.35. The maximum absolute atomic E-state index is 5.80. The van der Waals surface area contributed by atoms with Gasteiger partial charge in [0.1, 0.15) is 11.6 Å². The van der Waals surface area contributed by atoms with Crippen molar-refractivity contribution in [1.82, 2.24) is 9.97 Å². The zero-order valence-electron chi connectivity index (χ0n) is 13.1. The molecule has 0 radical (unpaired) electrons. The summed E-state index contributed by atoms with van der Waals surface area (Å²) in [7, 11) is 0. The van der Waals surface area contributed by atoms with Gasteiger partial charge < -0.3 is 4.74 Å². The van der Waals surface area contributed by atoms with E-state index in [1.54, 1.807) is 12.4 Å². The van der Waals surface area contributed by atoms with Gasteiger partial charge in [0.05, 0.1) is 6.61 Å². The quantitative estimate of drug-likeness (QED) is 0.617. The molecule has 3 heteroatoms. The van der Waals surface area contributed by atoms with E-state index < -0.39 is 0 Å². The number of hydrogen-bond donors (Lipinski definition) is 0. The minimum absolute atomic E-state index is 0.732. The van der Waals surface area contributed by atoms with E-state index in [9.17, 15) is 0 Å². The smallest absolute Gasteiger partial charge is 0.132 e. The van der Waals surface area contributed by atoms with Crippen LogP contribution in [0.2, 0.25) is 0 Å². The van der Waals surface area contributed by atoms with Gasteiger partial charge in [0.15, 0.2) is 0 Å². The second-order valence-electron chi connectivity index (χ2n) is 5.42. The van der Waals surface area contributed by atoms with Crippen LogP contribution in [0, 0.1) is 0 Å². The lowest BCUT2D eigenvalue weighted by molar-refractivity contribution is 0.311. The molecule has 0 spiro atoms. The molecule has 0 saturated carbocycles. The Bertz CT molecular complexity index is 697. The van der Waals surface area contributed by atoms with Crippen molar-refractivity contribution in [3.63, 3.8) is 0 Å². The standard InChI is InChI=1S/C20H20N2O/c1-2-6-17(7-3-1)8-4-15-23-19-11-9-18(10-12-19)16-20-21-13-5-14-22-20/h1-3,5-7,9-14H,4,8,15-16H2. The second kappa shape index (κ2) is 8.08. The average molecular weight is 304 g/mol. The second-order valence-corrected chi connectivity index (χ2v) is 5.42. The van der Waals surface area contributed by atoms with Gasteiger partial charge in [-0.3, -0.25) is 0 Å². The Kier molecular flexibility index (Phi) is 5.35. The third-order valence-corrected chi connectivity index (χ3v) is 3.63. The van der Waals surface area contributed by atoms with Gasteiger partial charge in [0, 0.05) is 18.8 Å². The molecule has 0 aliphatic heterocycles. The predicted molar refractivity (Wildman–Crippen MR) is 91.5 cm³/mol. The zero-order chi connectivity index (χ0) is 15.7. The Balaban J connectivity index is 1.44. The molecule has 0 atom stereocenters. The molecule has 0 amide bonds. The Morgan fingerprint density at radius 1 is 0.739 bits per heavy atom. The number of aryl methyl sites for hydroxylation is 1. The van der Waals surface area contributed by atoms with E-state index in [4.69, 9.17) is 4.74 Å². The van der Waals surface area contributed by atoms with Crippen molar-refractivity contribution in [2.45, 2.75) is 19.3 Å². The first-order chi connectivity index (χ1) is 11.4. The van der Waals surface area contributed by atoms with Crippen LogP contribution in [0.15, 0.2) is 73.1 Å². The van der Waals surface area contributed by atoms with Crippen LogP contribution in [0.1, 0.15) is 23.4 Å². The van der Waals surface area contributed by atoms with Crippen molar-refractivity contribution < 1.29 is 4.74 Å². The molecule has 0 N–H and O–H groups in total. The number of aromatic nitrogens is 2. The Morgan fingerprint density at radius 2 is 1.48 bits per heavy atom. The summed E-state index contributed by atoms with van der Waals surface area (Å²) in [6, 6.07) is 20.5. The molecule has 0 saturated heterocycles. The molecule has 0 fully saturated rings. The summed E-state index contributed by atoms with van der Waals surface area (Å²) in [4.78, 5) is 8.49. The van der Waals surface area contributed by atoms with E-state index in [1.165, 1.54) is 11.1 Å². The van der Waals surface area contributed by atoms with Gasteiger partial charge in [-0.25, -0.2) is 9.97 Å². The van der Waals surface area contributed by atoms with Crippen LogP contribution in [0.3, 0.4) is 0 Å². The molecule has 1 aromatic heterocycles. The number of hydrogen-bond acceptors (Lipinski definition) is 3. The molecule has 0 unspecified atom stereocenters. The highest BCUT2D eigenvalue weighted by Crippen LogP contribution is 2.14. The number of nitrogens with zero attached hydrogens (tertiary/aromatic N) is 2. The largest absolute Gasteiger partial charge is 0.494 e. The van der Waals surface area contributed by atoms with E-state index in [1.807, 2.05) is 24.3 Å². The summed E-state index contributed by atoms with van der Waals surface area (Å²) in [5.74, 6) is 1.75. The molecule has 23 heavy (non-hydrogen) atoms. The summed E-state index contributed by atoms with van der Waals surface area (Å²) >= 11 is 0. The van der Waals surface area contributed by atoms with E-state index in [0.29, 0.717) is 0 Å². The van der Waals surface area contributed by atoms with Gasteiger partial charge in [-0.15, -0.1) is 0 Å². The van der Waals surface area contributed by atoms with Crippen LogP contribution in [0.5, 0.6) is 5.75 Å². The van der Waals surface area contributed by atoms with Crippen LogP contribution < -0.4 is 4.74 Å². The highest BCUT2D eigenvalue weighted by Gasteiger charge is 2.00. The van der Waals surface area contributed by atoms with Gasteiger partial charge in [0.2, 0.25) is 0 Å². The summed E-state index contributed by atoms with van der Waals surface area (Å²) in [6.45, 7) is 0.732. The molecule has 2 aromatic carbocycles. The number of rotatable bonds is 7. The molecule has 0 aliphatic carbocycles. The molecule has 3 nitrogen and oxygen atoms in total. The van der Waals surface area contributed by atoms with Crippen LogP contribution in [0.25, 0.3) is 0 Å². The molecular formula is C20H20N2O. The average Bonchev–Trinajstić information content (AvgIpc) is 2.62. The number of ether oxygens (including phenoxy) is 1. The van der Waals surface area contributed by atoms with Crippen LogP contribution in [0.4, 0.5) is 0 Å². The zero-order valence-corrected chi connectivity index (χ0v) is 13.1. The van der Waals surface area contributed by atoms with Crippen LogP contribution >= 0.6 is 0 Å². The molecule has 3 aromatic rings. The maximum Gasteiger partial charge on any atom is 0.132 e. The van der Waals surface area contributed by atoms with E-state index in [-0.39, 0.29) is 0 Å². The van der Waals surface area contributed by atoms with Crippen molar-refractivity contribution >= 4 is 0 Å². The predicted octanol–water partition coefficient (Wildman–Crippen LogP) is 4.08. The van der Waals surface area contributed by atoms with Crippen molar-refractivity contribution in [1.29, 1.82) is 0 Å². The molecular weight excluding hydrogens is 284 g/mol. The van der Waals surface area contributed by atoms with Crippen molar-refractivity contribution in [3.8, 4) is 5.75 Å². The van der Waals surface area contributed by atoms with Gasteiger partial charge in [-0.05, 0) is 42.2 Å². The summed E-state index contributed by atoms with van der Waals surface area (Å²) < 4.78 is 5.80. The highest BCUT2D eigenvalue weighted by atomic mass is 16.5. The molecule has 116 valence electrons.